The van der Waals surface area contributed by atoms with E-state index in [1.165, 1.54) is 22.6 Å². The van der Waals surface area contributed by atoms with Crippen molar-refractivity contribution in [1.29, 1.82) is 0 Å². The second-order valence-corrected chi connectivity index (χ2v) is 5.22. The van der Waals surface area contributed by atoms with Crippen molar-refractivity contribution < 1.29 is 4.74 Å². The summed E-state index contributed by atoms with van der Waals surface area (Å²) in [6.45, 7) is 6.27. The highest BCUT2D eigenvalue weighted by atomic mass is 16.5. The molecule has 0 fully saturated rings. The predicted molar refractivity (Wildman–Crippen MR) is 68.9 cm³/mol. The second-order valence-electron chi connectivity index (χ2n) is 5.22. The molecule has 1 aromatic rings. The van der Waals surface area contributed by atoms with Crippen LogP contribution in [0.4, 0.5) is 0 Å². The third-order valence-electron chi connectivity index (χ3n) is 3.71. The van der Waals surface area contributed by atoms with Gasteiger partial charge in [0.25, 0.3) is 0 Å². The van der Waals surface area contributed by atoms with Crippen LogP contribution in [0.2, 0.25) is 0 Å². The summed E-state index contributed by atoms with van der Waals surface area (Å²) in [7, 11) is 0. The van der Waals surface area contributed by atoms with Gasteiger partial charge in [-0.2, -0.15) is 0 Å². The Hall–Kier alpha value is -1.31. The van der Waals surface area contributed by atoms with Gasteiger partial charge in [-0.15, -0.1) is 0 Å². The smallest absolute Gasteiger partial charge is 0.128 e. The molecule has 0 saturated heterocycles. The maximum atomic E-state index is 5.85. The average molecular weight is 229 g/mol. The lowest BCUT2D eigenvalue weighted by Gasteiger charge is -2.14. The number of hydrogen-bond donors (Lipinski definition) is 0. The monoisotopic (exact) mass is 229 g/mol. The molecular formula is C15H19NO. The second kappa shape index (κ2) is 4.17. The zero-order chi connectivity index (χ0) is 11.8. The largest absolute Gasteiger partial charge is 0.493 e. The van der Waals surface area contributed by atoms with Crippen molar-refractivity contribution in [3.05, 3.63) is 28.3 Å². The Morgan fingerprint density at radius 1 is 1.24 bits per heavy atom. The maximum Gasteiger partial charge on any atom is 0.128 e. The molecule has 2 aliphatic rings. The molecule has 0 radical (unpaired) electrons. The zero-order valence-corrected chi connectivity index (χ0v) is 10.6. The van der Waals surface area contributed by atoms with E-state index < -0.39 is 0 Å². The Morgan fingerprint density at radius 2 is 2.12 bits per heavy atom. The van der Waals surface area contributed by atoms with E-state index in [4.69, 9.17) is 9.73 Å². The molecule has 2 heterocycles. The fourth-order valence-corrected chi connectivity index (χ4v) is 2.83. The van der Waals surface area contributed by atoms with Gasteiger partial charge in [0.1, 0.15) is 5.75 Å². The van der Waals surface area contributed by atoms with Crippen LogP contribution in [0.25, 0.3) is 5.57 Å². The molecule has 0 aliphatic carbocycles. The highest BCUT2D eigenvalue weighted by Gasteiger charge is 2.16. The lowest BCUT2D eigenvalue weighted by molar-refractivity contribution is 0.314. The van der Waals surface area contributed by atoms with Crippen molar-refractivity contribution in [2.75, 3.05) is 13.2 Å². The molecule has 0 spiro atoms. The topological polar surface area (TPSA) is 21.6 Å². The fourth-order valence-electron chi connectivity index (χ4n) is 2.83. The van der Waals surface area contributed by atoms with Crippen LogP contribution in [-0.4, -0.2) is 13.2 Å². The minimum absolute atomic E-state index is 0.529. The van der Waals surface area contributed by atoms with E-state index in [-0.39, 0.29) is 0 Å². The van der Waals surface area contributed by atoms with E-state index in [1.807, 2.05) is 0 Å². The van der Waals surface area contributed by atoms with Gasteiger partial charge in [0.05, 0.1) is 12.0 Å². The molecule has 0 amide bonds. The minimum Gasteiger partial charge on any atom is -0.493 e. The van der Waals surface area contributed by atoms with Crippen LogP contribution in [0.5, 0.6) is 5.75 Å². The lowest BCUT2D eigenvalue weighted by Crippen LogP contribution is -2.35. The van der Waals surface area contributed by atoms with Crippen molar-refractivity contribution in [3.8, 4) is 5.75 Å². The van der Waals surface area contributed by atoms with Crippen LogP contribution >= 0.6 is 0 Å². The summed E-state index contributed by atoms with van der Waals surface area (Å²) < 4.78 is 5.85. The Morgan fingerprint density at radius 3 is 2.94 bits per heavy atom. The molecule has 1 aromatic carbocycles. The summed E-state index contributed by atoms with van der Waals surface area (Å²) in [5.41, 5.74) is 2.93. The number of hydrogen-bond acceptors (Lipinski definition) is 2. The molecule has 0 saturated carbocycles. The fraction of sp³-hybridized carbons (Fsp3) is 0.533. The van der Waals surface area contributed by atoms with Crippen LogP contribution in [0.3, 0.4) is 0 Å². The van der Waals surface area contributed by atoms with E-state index in [0.29, 0.717) is 5.92 Å². The Balaban J connectivity index is 2.37. The van der Waals surface area contributed by atoms with Crippen molar-refractivity contribution in [1.82, 2.24) is 0 Å². The Bertz CT molecular complexity index is 557. The van der Waals surface area contributed by atoms with Gasteiger partial charge in [0.2, 0.25) is 0 Å². The average Bonchev–Trinajstić information content (AvgIpc) is 2.54. The summed E-state index contributed by atoms with van der Waals surface area (Å²) >= 11 is 0. The maximum absolute atomic E-state index is 5.85. The van der Waals surface area contributed by atoms with Crippen molar-refractivity contribution in [2.24, 2.45) is 4.99 Å². The Labute approximate surface area is 102 Å². The van der Waals surface area contributed by atoms with Gasteiger partial charge in [-0.05, 0) is 36.8 Å². The first kappa shape index (κ1) is 10.8. The zero-order valence-electron chi connectivity index (χ0n) is 10.6. The number of nitrogens with zero attached hydrogens (tertiary/aromatic N) is 1. The van der Waals surface area contributed by atoms with Gasteiger partial charge in [0.15, 0.2) is 0 Å². The quantitative estimate of drug-likeness (QED) is 0.723. The van der Waals surface area contributed by atoms with Crippen LogP contribution in [-0.2, 0) is 0 Å². The highest BCUT2D eigenvalue weighted by molar-refractivity contribution is 5.52. The Kier molecular flexibility index (Phi) is 2.65. The minimum atomic E-state index is 0.529. The first-order chi connectivity index (χ1) is 8.27. The number of benzene rings is 1. The van der Waals surface area contributed by atoms with E-state index >= 15 is 0 Å². The number of ether oxygens (including phenoxy) is 1. The third-order valence-corrected chi connectivity index (χ3v) is 3.71. The molecule has 0 bridgehead atoms. The van der Waals surface area contributed by atoms with Crippen LogP contribution in [0.15, 0.2) is 17.1 Å². The standard InChI is InChI=1S/C15H19NO/c1-10(2)12-5-6-13-14-11(4-3-9-17-13)7-8-16-15(12)14/h5-6,10H,3-4,7-9H2,1-2H3. The highest BCUT2D eigenvalue weighted by Crippen LogP contribution is 2.20. The van der Waals surface area contributed by atoms with Crippen molar-refractivity contribution in [3.63, 3.8) is 0 Å². The first-order valence-electron chi connectivity index (χ1n) is 6.59. The SMILES string of the molecule is CC(C)c1ccc2c3c1=NCCC=3CCCO2. The molecular weight excluding hydrogens is 210 g/mol. The van der Waals surface area contributed by atoms with Gasteiger partial charge in [-0.25, -0.2) is 0 Å². The summed E-state index contributed by atoms with van der Waals surface area (Å²) in [6.07, 6.45) is 3.43. The summed E-state index contributed by atoms with van der Waals surface area (Å²) in [5.74, 6) is 1.59. The van der Waals surface area contributed by atoms with Gasteiger partial charge in [0, 0.05) is 11.8 Å². The van der Waals surface area contributed by atoms with E-state index in [1.54, 1.807) is 5.57 Å². The molecule has 3 rings (SSSR count). The molecule has 2 nitrogen and oxygen atoms in total. The molecule has 90 valence electrons. The van der Waals surface area contributed by atoms with Gasteiger partial charge in [-0.3, -0.25) is 4.99 Å². The molecule has 2 aliphatic heterocycles. The summed E-state index contributed by atoms with van der Waals surface area (Å²) in [4.78, 5) is 4.75. The predicted octanol–water partition coefficient (Wildman–Crippen LogP) is 2.16. The lowest BCUT2D eigenvalue weighted by atomic mass is 9.95. The molecule has 17 heavy (non-hydrogen) atoms. The van der Waals surface area contributed by atoms with Crippen molar-refractivity contribution >= 4 is 5.57 Å². The van der Waals surface area contributed by atoms with E-state index in [9.17, 15) is 0 Å². The molecule has 0 atom stereocenters. The van der Waals surface area contributed by atoms with Crippen LogP contribution in [0, 0.1) is 0 Å². The van der Waals surface area contributed by atoms with Gasteiger partial charge >= 0.3 is 0 Å². The van der Waals surface area contributed by atoms with Gasteiger partial charge < -0.3 is 4.74 Å². The van der Waals surface area contributed by atoms with Crippen LogP contribution in [0.1, 0.15) is 44.6 Å². The molecule has 0 N–H and O–H groups in total. The number of rotatable bonds is 1. The van der Waals surface area contributed by atoms with Crippen LogP contribution < -0.4 is 15.3 Å². The third kappa shape index (κ3) is 1.76. The summed E-state index contributed by atoms with van der Waals surface area (Å²) in [6, 6.07) is 4.33. The summed E-state index contributed by atoms with van der Waals surface area (Å²) in [5, 5.41) is 2.53. The molecule has 2 heteroatoms. The normalized spacial score (nSPS) is 18.2. The molecule has 0 unspecified atom stereocenters. The first-order valence-corrected chi connectivity index (χ1v) is 6.59. The van der Waals surface area contributed by atoms with Gasteiger partial charge in [-0.1, -0.05) is 25.5 Å². The molecule has 0 aromatic heterocycles. The van der Waals surface area contributed by atoms with E-state index in [0.717, 1.165) is 31.7 Å². The van der Waals surface area contributed by atoms with E-state index in [2.05, 4.69) is 26.0 Å². The van der Waals surface area contributed by atoms with Crippen molar-refractivity contribution in [2.45, 2.75) is 39.0 Å².